The second kappa shape index (κ2) is 3.33. The van der Waals surface area contributed by atoms with Gasteiger partial charge in [0, 0.05) is 17.8 Å². The molecule has 0 fully saturated rings. The highest BCUT2D eigenvalue weighted by atomic mass is 19.1. The molecule has 3 heteroatoms. The van der Waals surface area contributed by atoms with Crippen LogP contribution in [0.3, 0.4) is 0 Å². The molecule has 1 aromatic carbocycles. The van der Waals surface area contributed by atoms with E-state index >= 15 is 0 Å². The molecule has 2 nitrogen and oxygen atoms in total. The Morgan fingerprint density at radius 1 is 1.50 bits per heavy atom. The smallest absolute Gasteiger partial charge is 0.165 e. The number of fused-ring (bicyclic) bond motifs is 1. The van der Waals surface area contributed by atoms with Crippen molar-refractivity contribution in [2.75, 3.05) is 7.11 Å². The number of nitrogens with one attached hydrogen (secondary N) is 1. The van der Waals surface area contributed by atoms with Crippen LogP contribution in [-0.2, 0) is 6.54 Å². The zero-order valence-corrected chi connectivity index (χ0v) is 8.23. The molecule has 14 heavy (non-hydrogen) atoms. The van der Waals surface area contributed by atoms with E-state index in [0.29, 0.717) is 12.3 Å². The summed E-state index contributed by atoms with van der Waals surface area (Å²) in [5, 5.41) is 3.19. The van der Waals surface area contributed by atoms with E-state index in [1.165, 1.54) is 13.2 Å². The normalized spacial score (nSPS) is 16.6. The fraction of sp³-hybridized carbons (Fsp3) is 0.273. The fourth-order valence-electron chi connectivity index (χ4n) is 1.69. The van der Waals surface area contributed by atoms with Crippen molar-refractivity contribution in [1.29, 1.82) is 0 Å². The van der Waals surface area contributed by atoms with Crippen molar-refractivity contribution in [2.45, 2.75) is 13.5 Å². The van der Waals surface area contributed by atoms with Crippen LogP contribution in [0.2, 0.25) is 0 Å². The molecule has 1 aliphatic heterocycles. The lowest BCUT2D eigenvalue weighted by Crippen LogP contribution is -1.99. The largest absolute Gasteiger partial charge is 0.494 e. The Bertz CT molecular complexity index is 399. The predicted molar refractivity (Wildman–Crippen MR) is 53.4 cm³/mol. The van der Waals surface area contributed by atoms with Gasteiger partial charge in [-0.25, -0.2) is 4.39 Å². The third-order valence-corrected chi connectivity index (χ3v) is 2.43. The van der Waals surface area contributed by atoms with Gasteiger partial charge in [-0.05, 0) is 24.6 Å². The van der Waals surface area contributed by atoms with Gasteiger partial charge >= 0.3 is 0 Å². The molecule has 1 heterocycles. The van der Waals surface area contributed by atoms with Gasteiger partial charge in [0.25, 0.3) is 0 Å². The summed E-state index contributed by atoms with van der Waals surface area (Å²) in [5.41, 5.74) is 3.06. The van der Waals surface area contributed by atoms with Gasteiger partial charge in [-0.2, -0.15) is 0 Å². The summed E-state index contributed by atoms with van der Waals surface area (Å²) in [4.78, 5) is 0. The molecule has 1 N–H and O–H groups in total. The summed E-state index contributed by atoms with van der Waals surface area (Å²) < 4.78 is 18.2. The van der Waals surface area contributed by atoms with E-state index in [1.807, 2.05) is 13.0 Å². The molecule has 0 saturated carbocycles. The van der Waals surface area contributed by atoms with Crippen molar-refractivity contribution in [3.63, 3.8) is 0 Å². The monoisotopic (exact) mass is 193 g/mol. The fourth-order valence-corrected chi connectivity index (χ4v) is 1.69. The Hall–Kier alpha value is -1.51. The average Bonchev–Trinajstić information content (AvgIpc) is 2.58. The van der Waals surface area contributed by atoms with Gasteiger partial charge < -0.3 is 10.1 Å². The number of ether oxygens (including phenoxy) is 1. The van der Waals surface area contributed by atoms with Crippen LogP contribution in [0.1, 0.15) is 18.1 Å². The maximum absolute atomic E-state index is 13.3. The highest BCUT2D eigenvalue weighted by Crippen LogP contribution is 2.30. The maximum Gasteiger partial charge on any atom is 0.165 e. The number of methoxy groups -OCH3 is 1. The third-order valence-electron chi connectivity index (χ3n) is 2.43. The van der Waals surface area contributed by atoms with Crippen molar-refractivity contribution in [3.05, 3.63) is 35.2 Å². The lowest BCUT2D eigenvalue weighted by Gasteiger charge is -2.05. The average molecular weight is 193 g/mol. The molecule has 1 aromatic rings. The van der Waals surface area contributed by atoms with Crippen LogP contribution in [0.5, 0.6) is 5.75 Å². The molecule has 0 radical (unpaired) electrons. The number of rotatable bonds is 1. The van der Waals surface area contributed by atoms with Gasteiger partial charge in [-0.3, -0.25) is 0 Å². The molecule has 0 spiro atoms. The molecule has 2 rings (SSSR count). The summed E-state index contributed by atoms with van der Waals surface area (Å²) in [6, 6.07) is 3.26. The van der Waals surface area contributed by atoms with Crippen LogP contribution in [0.25, 0.3) is 5.70 Å². The van der Waals surface area contributed by atoms with Crippen molar-refractivity contribution < 1.29 is 9.13 Å². The molecule has 1 aliphatic rings. The quantitative estimate of drug-likeness (QED) is 0.738. The molecule has 0 aromatic heterocycles. The number of hydrogen-bond acceptors (Lipinski definition) is 2. The predicted octanol–water partition coefficient (Wildman–Crippen LogP) is 2.30. The summed E-state index contributed by atoms with van der Waals surface area (Å²) in [6.07, 6.45) is 1.98. The van der Waals surface area contributed by atoms with Crippen LogP contribution < -0.4 is 10.1 Å². The van der Waals surface area contributed by atoms with E-state index in [9.17, 15) is 4.39 Å². The van der Waals surface area contributed by atoms with E-state index in [2.05, 4.69) is 5.32 Å². The van der Waals surface area contributed by atoms with Crippen molar-refractivity contribution in [1.82, 2.24) is 5.32 Å². The number of hydrogen-bond donors (Lipinski definition) is 1. The Balaban J connectivity index is 2.56. The second-order valence-corrected chi connectivity index (χ2v) is 3.20. The van der Waals surface area contributed by atoms with Gasteiger partial charge in [-0.15, -0.1) is 0 Å². The summed E-state index contributed by atoms with van der Waals surface area (Å²) in [7, 11) is 1.47. The number of halogens is 1. The first kappa shape index (κ1) is 9.06. The van der Waals surface area contributed by atoms with Gasteiger partial charge in [-0.1, -0.05) is 6.08 Å². The molecule has 74 valence electrons. The molecule has 0 bridgehead atoms. The highest BCUT2D eigenvalue weighted by Gasteiger charge is 2.18. The van der Waals surface area contributed by atoms with Crippen LogP contribution in [0, 0.1) is 5.82 Å². The Labute approximate surface area is 82.4 Å². The molecule has 0 amide bonds. The van der Waals surface area contributed by atoms with E-state index in [1.54, 1.807) is 6.07 Å². The van der Waals surface area contributed by atoms with Crippen LogP contribution in [0.15, 0.2) is 18.2 Å². The highest BCUT2D eigenvalue weighted by molar-refractivity contribution is 5.71. The SMILES string of the molecule is C/C=C1/NCc2cc(F)c(OC)cc21. The summed E-state index contributed by atoms with van der Waals surface area (Å²) in [6.45, 7) is 2.64. The Morgan fingerprint density at radius 2 is 2.29 bits per heavy atom. The van der Waals surface area contributed by atoms with E-state index in [4.69, 9.17) is 4.74 Å². The van der Waals surface area contributed by atoms with E-state index in [-0.39, 0.29) is 5.82 Å². The van der Waals surface area contributed by atoms with Crippen LogP contribution in [-0.4, -0.2) is 7.11 Å². The minimum absolute atomic E-state index is 0.298. The van der Waals surface area contributed by atoms with Gasteiger partial charge in [0.1, 0.15) is 0 Å². The topological polar surface area (TPSA) is 21.3 Å². The van der Waals surface area contributed by atoms with Crippen molar-refractivity contribution in [2.24, 2.45) is 0 Å². The summed E-state index contributed by atoms with van der Waals surface area (Å²) >= 11 is 0. The standard InChI is InChI=1S/C11H12FNO/c1-3-10-8-5-11(14-2)9(12)4-7(8)6-13-10/h3-5,13H,6H2,1-2H3/b10-3+. The van der Waals surface area contributed by atoms with Gasteiger partial charge in [0.05, 0.1) is 7.11 Å². The van der Waals surface area contributed by atoms with Crippen LogP contribution >= 0.6 is 0 Å². The zero-order valence-electron chi connectivity index (χ0n) is 8.23. The van der Waals surface area contributed by atoms with Gasteiger partial charge in [0.2, 0.25) is 0 Å². The first-order chi connectivity index (χ1) is 6.76. The minimum Gasteiger partial charge on any atom is -0.494 e. The lowest BCUT2D eigenvalue weighted by molar-refractivity contribution is 0.386. The Kier molecular flexibility index (Phi) is 2.15. The molecular formula is C11H12FNO. The molecule has 0 atom stereocenters. The first-order valence-electron chi connectivity index (χ1n) is 4.53. The Morgan fingerprint density at radius 3 is 2.93 bits per heavy atom. The minimum atomic E-state index is -0.301. The molecule has 0 aliphatic carbocycles. The number of benzene rings is 1. The van der Waals surface area contributed by atoms with Gasteiger partial charge in [0.15, 0.2) is 11.6 Å². The van der Waals surface area contributed by atoms with E-state index < -0.39 is 0 Å². The molecule has 0 saturated heterocycles. The second-order valence-electron chi connectivity index (χ2n) is 3.20. The molecular weight excluding hydrogens is 181 g/mol. The van der Waals surface area contributed by atoms with Crippen molar-refractivity contribution in [3.8, 4) is 5.75 Å². The van der Waals surface area contributed by atoms with Crippen LogP contribution in [0.4, 0.5) is 4.39 Å². The first-order valence-corrected chi connectivity index (χ1v) is 4.53. The van der Waals surface area contributed by atoms with Crippen molar-refractivity contribution >= 4 is 5.70 Å². The zero-order chi connectivity index (χ0) is 10.1. The molecule has 0 unspecified atom stereocenters. The summed E-state index contributed by atoms with van der Waals surface area (Å²) in [5.74, 6) is -0.00259. The lowest BCUT2D eigenvalue weighted by atomic mass is 10.1. The maximum atomic E-state index is 13.3. The number of allylic oxidation sites excluding steroid dienone is 1. The third kappa shape index (κ3) is 1.25. The van der Waals surface area contributed by atoms with E-state index in [0.717, 1.165) is 16.8 Å².